The normalized spacial score (nSPS) is 16.6. The number of carboxylic acid groups (broad SMARTS) is 1. The van der Waals surface area contributed by atoms with E-state index in [2.05, 4.69) is 5.32 Å². The Balaban J connectivity index is 2.89. The second kappa shape index (κ2) is 3.36. The minimum atomic E-state index is -1.10. The lowest BCUT2D eigenvalue weighted by Gasteiger charge is -1.96. The summed E-state index contributed by atoms with van der Waals surface area (Å²) >= 11 is 0. The third-order valence-corrected chi connectivity index (χ3v) is 1.68. The summed E-state index contributed by atoms with van der Waals surface area (Å²) in [6.45, 7) is -0.150. The first-order valence-electron chi connectivity index (χ1n) is 3.51. The standard InChI is InChI=1S/C7H9NO4/c9-2-1-4-5(7(11)12)3-8-6(4)10/h9H,1-3H2,(H,8,10)(H,11,12). The molecule has 0 aliphatic carbocycles. The molecule has 0 atom stereocenters. The van der Waals surface area contributed by atoms with Gasteiger partial charge in [0.15, 0.2) is 0 Å². The van der Waals surface area contributed by atoms with Gasteiger partial charge in [0.2, 0.25) is 5.91 Å². The predicted octanol–water partition coefficient (Wildman–Crippen LogP) is -1.12. The van der Waals surface area contributed by atoms with Gasteiger partial charge in [-0.1, -0.05) is 0 Å². The van der Waals surface area contributed by atoms with Crippen molar-refractivity contribution in [3.63, 3.8) is 0 Å². The molecule has 1 aliphatic heterocycles. The van der Waals surface area contributed by atoms with Gasteiger partial charge in [-0.3, -0.25) is 4.79 Å². The Labute approximate surface area is 68.7 Å². The molecule has 5 nitrogen and oxygen atoms in total. The molecule has 1 heterocycles. The van der Waals surface area contributed by atoms with E-state index in [4.69, 9.17) is 10.2 Å². The molecule has 0 fully saturated rings. The van der Waals surface area contributed by atoms with E-state index in [0.29, 0.717) is 0 Å². The minimum Gasteiger partial charge on any atom is -0.478 e. The summed E-state index contributed by atoms with van der Waals surface area (Å²) in [5.41, 5.74) is 0.249. The number of hydrogen-bond acceptors (Lipinski definition) is 3. The molecular weight excluding hydrogens is 162 g/mol. The van der Waals surface area contributed by atoms with E-state index in [1.807, 2.05) is 0 Å². The number of amides is 1. The van der Waals surface area contributed by atoms with Crippen molar-refractivity contribution in [3.05, 3.63) is 11.1 Å². The number of carboxylic acids is 1. The summed E-state index contributed by atoms with van der Waals surface area (Å²) in [4.78, 5) is 21.4. The van der Waals surface area contributed by atoms with Crippen LogP contribution in [0.1, 0.15) is 6.42 Å². The average molecular weight is 171 g/mol. The molecule has 0 saturated carbocycles. The molecule has 0 saturated heterocycles. The smallest absolute Gasteiger partial charge is 0.333 e. The van der Waals surface area contributed by atoms with Crippen LogP contribution in [-0.4, -0.2) is 35.2 Å². The van der Waals surface area contributed by atoms with Gasteiger partial charge in [0.05, 0.1) is 12.1 Å². The second-order valence-electron chi connectivity index (χ2n) is 2.42. The van der Waals surface area contributed by atoms with Gasteiger partial charge in [-0.25, -0.2) is 4.79 Å². The largest absolute Gasteiger partial charge is 0.478 e. The Kier molecular flexibility index (Phi) is 2.44. The quantitative estimate of drug-likeness (QED) is 0.502. The fraction of sp³-hybridized carbons (Fsp3) is 0.429. The number of hydrogen-bond donors (Lipinski definition) is 3. The highest BCUT2D eigenvalue weighted by Gasteiger charge is 2.25. The Bertz CT molecular complexity index is 256. The molecule has 12 heavy (non-hydrogen) atoms. The molecule has 0 aromatic heterocycles. The Hall–Kier alpha value is -1.36. The Morgan fingerprint density at radius 2 is 2.25 bits per heavy atom. The molecule has 0 radical (unpaired) electrons. The summed E-state index contributed by atoms with van der Waals surface area (Å²) in [5.74, 6) is -1.49. The lowest BCUT2D eigenvalue weighted by molar-refractivity contribution is -0.132. The van der Waals surface area contributed by atoms with Gasteiger partial charge in [-0.15, -0.1) is 0 Å². The highest BCUT2D eigenvalue weighted by Crippen LogP contribution is 2.14. The summed E-state index contributed by atoms with van der Waals surface area (Å²) in [6, 6.07) is 0. The summed E-state index contributed by atoms with van der Waals surface area (Å²) in [5, 5.41) is 19.5. The van der Waals surface area contributed by atoms with E-state index in [1.165, 1.54) is 0 Å². The number of carbonyl (C=O) groups is 2. The fourth-order valence-corrected chi connectivity index (χ4v) is 1.10. The van der Waals surface area contributed by atoms with Gasteiger partial charge in [-0.05, 0) is 0 Å². The number of aliphatic hydroxyl groups excluding tert-OH is 1. The zero-order chi connectivity index (χ0) is 9.14. The Morgan fingerprint density at radius 3 is 2.75 bits per heavy atom. The highest BCUT2D eigenvalue weighted by atomic mass is 16.4. The third-order valence-electron chi connectivity index (χ3n) is 1.68. The van der Waals surface area contributed by atoms with E-state index in [9.17, 15) is 9.59 Å². The highest BCUT2D eigenvalue weighted by molar-refractivity contribution is 6.06. The van der Waals surface area contributed by atoms with E-state index < -0.39 is 5.97 Å². The van der Waals surface area contributed by atoms with Crippen LogP contribution < -0.4 is 5.32 Å². The molecule has 0 spiro atoms. The van der Waals surface area contributed by atoms with Gasteiger partial charge in [-0.2, -0.15) is 0 Å². The first kappa shape index (κ1) is 8.73. The average Bonchev–Trinajstić information content (AvgIpc) is 2.34. The zero-order valence-corrected chi connectivity index (χ0v) is 6.33. The van der Waals surface area contributed by atoms with Crippen LogP contribution in [0.4, 0.5) is 0 Å². The van der Waals surface area contributed by atoms with Crippen molar-refractivity contribution in [2.45, 2.75) is 6.42 Å². The van der Waals surface area contributed by atoms with Gasteiger partial charge in [0.1, 0.15) is 0 Å². The number of aliphatic carboxylic acids is 1. The van der Waals surface area contributed by atoms with Crippen molar-refractivity contribution in [3.8, 4) is 0 Å². The maximum absolute atomic E-state index is 10.9. The van der Waals surface area contributed by atoms with Crippen LogP contribution in [0.15, 0.2) is 11.1 Å². The van der Waals surface area contributed by atoms with Crippen molar-refractivity contribution >= 4 is 11.9 Å². The van der Waals surface area contributed by atoms with Crippen molar-refractivity contribution in [2.24, 2.45) is 0 Å². The molecule has 0 unspecified atom stereocenters. The molecule has 1 rings (SSSR count). The third kappa shape index (κ3) is 1.45. The first-order valence-corrected chi connectivity index (χ1v) is 3.51. The fourth-order valence-electron chi connectivity index (χ4n) is 1.10. The number of rotatable bonds is 3. The molecule has 3 N–H and O–H groups in total. The monoisotopic (exact) mass is 171 g/mol. The maximum atomic E-state index is 10.9. The lowest BCUT2D eigenvalue weighted by Crippen LogP contribution is -2.18. The van der Waals surface area contributed by atoms with E-state index in [0.717, 1.165) is 0 Å². The van der Waals surface area contributed by atoms with E-state index >= 15 is 0 Å². The summed E-state index contributed by atoms with van der Waals surface area (Å²) in [6.07, 6.45) is 0.105. The van der Waals surface area contributed by atoms with Crippen molar-refractivity contribution in [2.75, 3.05) is 13.2 Å². The minimum absolute atomic E-state index is 0.0590. The van der Waals surface area contributed by atoms with Crippen LogP contribution in [-0.2, 0) is 9.59 Å². The molecular formula is C7H9NO4. The zero-order valence-electron chi connectivity index (χ0n) is 6.33. The second-order valence-corrected chi connectivity index (χ2v) is 2.42. The molecule has 0 aromatic carbocycles. The maximum Gasteiger partial charge on any atom is 0.333 e. The number of nitrogens with one attached hydrogen (secondary N) is 1. The van der Waals surface area contributed by atoms with Crippen molar-refractivity contribution in [1.82, 2.24) is 5.32 Å². The van der Waals surface area contributed by atoms with Gasteiger partial charge >= 0.3 is 5.97 Å². The van der Waals surface area contributed by atoms with Crippen LogP contribution in [0.2, 0.25) is 0 Å². The van der Waals surface area contributed by atoms with Crippen LogP contribution in [0.5, 0.6) is 0 Å². The van der Waals surface area contributed by atoms with Crippen LogP contribution in [0.3, 0.4) is 0 Å². The number of carbonyl (C=O) groups excluding carboxylic acids is 1. The molecule has 1 amide bonds. The molecule has 5 heteroatoms. The van der Waals surface area contributed by atoms with Crippen LogP contribution >= 0.6 is 0 Å². The SMILES string of the molecule is O=C(O)C1=C(CCO)C(=O)NC1. The van der Waals surface area contributed by atoms with E-state index in [1.54, 1.807) is 0 Å². The van der Waals surface area contributed by atoms with E-state index in [-0.39, 0.29) is 36.6 Å². The summed E-state index contributed by atoms with van der Waals surface area (Å²) in [7, 11) is 0. The van der Waals surface area contributed by atoms with Gasteiger partial charge in [0.25, 0.3) is 0 Å². The van der Waals surface area contributed by atoms with Gasteiger partial charge in [0, 0.05) is 18.6 Å². The van der Waals surface area contributed by atoms with Crippen molar-refractivity contribution < 1.29 is 19.8 Å². The van der Waals surface area contributed by atoms with Crippen LogP contribution in [0, 0.1) is 0 Å². The Morgan fingerprint density at radius 1 is 1.58 bits per heavy atom. The lowest BCUT2D eigenvalue weighted by atomic mass is 10.1. The molecule has 1 aliphatic rings. The number of aliphatic hydroxyl groups is 1. The first-order chi connectivity index (χ1) is 5.66. The van der Waals surface area contributed by atoms with Gasteiger partial charge < -0.3 is 15.5 Å². The summed E-state index contributed by atoms with van der Waals surface area (Å²) < 4.78 is 0. The molecule has 0 bridgehead atoms. The van der Waals surface area contributed by atoms with Crippen molar-refractivity contribution in [1.29, 1.82) is 0 Å². The topological polar surface area (TPSA) is 86.6 Å². The molecule has 0 aromatic rings. The predicted molar refractivity (Wildman–Crippen MR) is 39.4 cm³/mol. The molecule has 66 valence electrons. The van der Waals surface area contributed by atoms with Crippen LogP contribution in [0.25, 0.3) is 0 Å².